The minimum absolute atomic E-state index is 0.0381. The Bertz CT molecular complexity index is 571. The molecule has 0 aliphatic carbocycles. The van der Waals surface area contributed by atoms with Crippen LogP contribution in [0, 0.1) is 0 Å². The number of nitrogens with one attached hydrogen (secondary N) is 1. The number of aromatic nitrogens is 1. The molecule has 1 aliphatic rings. The molecule has 1 fully saturated rings. The van der Waals surface area contributed by atoms with Gasteiger partial charge in [0, 0.05) is 6.07 Å². The Balaban J connectivity index is 1.84. The van der Waals surface area contributed by atoms with Crippen LogP contribution in [0.3, 0.4) is 0 Å². The summed E-state index contributed by atoms with van der Waals surface area (Å²) in [6.07, 6.45) is 2.13. The number of carbonyl (C=O) groups is 1. The van der Waals surface area contributed by atoms with Crippen molar-refractivity contribution >= 4 is 16.0 Å². The predicted molar refractivity (Wildman–Crippen MR) is 76.3 cm³/mol. The van der Waals surface area contributed by atoms with Crippen molar-refractivity contribution in [3.05, 3.63) is 18.0 Å². The average molecular weight is 332 g/mol. The summed E-state index contributed by atoms with van der Waals surface area (Å²) in [6.45, 7) is 2.03. The van der Waals surface area contributed by atoms with Gasteiger partial charge in [-0.25, -0.2) is 17.9 Å². The van der Waals surface area contributed by atoms with Crippen molar-refractivity contribution < 1.29 is 27.2 Å². The molecular weight excluding hydrogens is 312 g/mol. The molecule has 1 N–H and O–H groups in total. The van der Waals surface area contributed by atoms with Crippen LogP contribution in [-0.2, 0) is 30.8 Å². The second kappa shape index (κ2) is 7.70. The third-order valence-corrected chi connectivity index (χ3v) is 4.66. The summed E-state index contributed by atoms with van der Waals surface area (Å²) in [6, 6.07) is 1.58. The summed E-state index contributed by atoms with van der Waals surface area (Å²) >= 11 is 0. The molecule has 0 saturated carbocycles. The van der Waals surface area contributed by atoms with E-state index in [0.717, 1.165) is 6.42 Å². The zero-order chi connectivity index (χ0) is 16.0. The molecular formula is C13H20N2O6S. The van der Waals surface area contributed by atoms with Gasteiger partial charge < -0.3 is 14.0 Å². The van der Waals surface area contributed by atoms with E-state index in [0.29, 0.717) is 18.6 Å². The molecule has 1 aliphatic heterocycles. The van der Waals surface area contributed by atoms with Crippen LogP contribution in [-0.4, -0.2) is 44.1 Å². The van der Waals surface area contributed by atoms with E-state index in [-0.39, 0.29) is 18.9 Å². The minimum Gasteiger partial charge on any atom is -0.464 e. The summed E-state index contributed by atoms with van der Waals surface area (Å²) in [5, 5.41) is 3.50. The summed E-state index contributed by atoms with van der Waals surface area (Å²) in [4.78, 5) is 11.7. The molecule has 0 amide bonds. The van der Waals surface area contributed by atoms with Crippen molar-refractivity contribution in [1.82, 2.24) is 9.88 Å². The first-order chi connectivity index (χ1) is 10.5. The SMILES string of the molecule is CCOC(=O)[C@@H]1CCC[C@@H](CS(=O)(=O)NCc2ccno2)O1. The lowest BCUT2D eigenvalue weighted by molar-refractivity contribution is -0.164. The van der Waals surface area contributed by atoms with E-state index in [4.69, 9.17) is 14.0 Å². The van der Waals surface area contributed by atoms with E-state index < -0.39 is 28.2 Å². The van der Waals surface area contributed by atoms with Crippen molar-refractivity contribution in [3.8, 4) is 0 Å². The molecule has 0 aromatic carbocycles. The number of sulfonamides is 1. The smallest absolute Gasteiger partial charge is 0.335 e. The highest BCUT2D eigenvalue weighted by Crippen LogP contribution is 2.21. The fourth-order valence-corrected chi connectivity index (χ4v) is 3.46. The molecule has 1 aromatic rings. The molecule has 2 rings (SSSR count). The highest BCUT2D eigenvalue weighted by atomic mass is 32.2. The van der Waals surface area contributed by atoms with Gasteiger partial charge in [-0.1, -0.05) is 5.16 Å². The molecule has 0 bridgehead atoms. The van der Waals surface area contributed by atoms with Gasteiger partial charge in [-0.3, -0.25) is 0 Å². The van der Waals surface area contributed by atoms with E-state index in [2.05, 4.69) is 9.88 Å². The van der Waals surface area contributed by atoms with Crippen molar-refractivity contribution in [2.24, 2.45) is 0 Å². The molecule has 1 saturated heterocycles. The summed E-state index contributed by atoms with van der Waals surface area (Å²) in [5.74, 6) is -0.200. The van der Waals surface area contributed by atoms with Gasteiger partial charge in [-0.2, -0.15) is 0 Å². The van der Waals surface area contributed by atoms with Gasteiger partial charge in [0.1, 0.15) is 0 Å². The highest BCUT2D eigenvalue weighted by Gasteiger charge is 2.31. The Kier molecular flexibility index (Phi) is 5.92. The van der Waals surface area contributed by atoms with Crippen molar-refractivity contribution in [1.29, 1.82) is 0 Å². The first-order valence-corrected chi connectivity index (χ1v) is 8.84. The molecule has 2 atom stereocenters. The normalized spacial score (nSPS) is 22.4. The number of carbonyl (C=O) groups excluding carboxylic acids is 1. The molecule has 8 nitrogen and oxygen atoms in total. The van der Waals surface area contributed by atoms with Crippen LogP contribution in [0.1, 0.15) is 31.9 Å². The van der Waals surface area contributed by atoms with E-state index in [1.807, 2.05) is 0 Å². The Morgan fingerprint density at radius 1 is 1.50 bits per heavy atom. The van der Waals surface area contributed by atoms with Gasteiger partial charge in [-0.05, 0) is 26.2 Å². The van der Waals surface area contributed by atoms with Crippen LogP contribution < -0.4 is 4.72 Å². The Morgan fingerprint density at radius 3 is 3.00 bits per heavy atom. The fraction of sp³-hybridized carbons (Fsp3) is 0.692. The van der Waals surface area contributed by atoms with Crippen molar-refractivity contribution in [3.63, 3.8) is 0 Å². The van der Waals surface area contributed by atoms with Crippen LogP contribution >= 0.6 is 0 Å². The zero-order valence-corrected chi connectivity index (χ0v) is 13.2. The number of hydrogen-bond acceptors (Lipinski definition) is 7. The summed E-state index contributed by atoms with van der Waals surface area (Å²) in [7, 11) is -3.53. The number of ether oxygens (including phenoxy) is 2. The van der Waals surface area contributed by atoms with Crippen LogP contribution in [0.2, 0.25) is 0 Å². The van der Waals surface area contributed by atoms with E-state index >= 15 is 0 Å². The largest absolute Gasteiger partial charge is 0.464 e. The van der Waals surface area contributed by atoms with Gasteiger partial charge in [-0.15, -0.1) is 0 Å². The third kappa shape index (κ3) is 5.08. The molecule has 9 heteroatoms. The topological polar surface area (TPSA) is 108 Å². The van der Waals surface area contributed by atoms with E-state index in [1.54, 1.807) is 13.0 Å². The molecule has 1 aromatic heterocycles. The second-order valence-corrected chi connectivity index (χ2v) is 6.86. The van der Waals surface area contributed by atoms with E-state index in [9.17, 15) is 13.2 Å². The van der Waals surface area contributed by atoms with Crippen molar-refractivity contribution in [2.45, 2.75) is 44.9 Å². The Hall–Kier alpha value is -1.45. The molecule has 0 unspecified atom stereocenters. The average Bonchev–Trinajstić information content (AvgIpc) is 2.99. The molecule has 0 radical (unpaired) electrons. The zero-order valence-electron chi connectivity index (χ0n) is 12.4. The lowest BCUT2D eigenvalue weighted by Crippen LogP contribution is -2.40. The van der Waals surface area contributed by atoms with Crippen LogP contribution in [0.4, 0.5) is 0 Å². The number of nitrogens with zero attached hydrogens (tertiary/aromatic N) is 1. The predicted octanol–water partition coefficient (Wildman–Crippen LogP) is 0.595. The molecule has 0 spiro atoms. The highest BCUT2D eigenvalue weighted by molar-refractivity contribution is 7.89. The number of rotatable bonds is 7. The second-order valence-electron chi connectivity index (χ2n) is 5.01. The quantitative estimate of drug-likeness (QED) is 0.728. The maximum absolute atomic E-state index is 12.0. The summed E-state index contributed by atoms with van der Waals surface area (Å²) in [5.41, 5.74) is 0. The molecule has 124 valence electrons. The van der Waals surface area contributed by atoms with Gasteiger partial charge >= 0.3 is 5.97 Å². The van der Waals surface area contributed by atoms with Crippen LogP contribution in [0.25, 0.3) is 0 Å². The van der Waals surface area contributed by atoms with Crippen molar-refractivity contribution in [2.75, 3.05) is 12.4 Å². The first-order valence-electron chi connectivity index (χ1n) is 7.19. The van der Waals surface area contributed by atoms with Gasteiger partial charge in [0.25, 0.3) is 0 Å². The lowest BCUT2D eigenvalue weighted by atomic mass is 10.1. The molecule has 2 heterocycles. The minimum atomic E-state index is -3.53. The van der Waals surface area contributed by atoms with Crippen LogP contribution in [0.15, 0.2) is 16.8 Å². The maximum atomic E-state index is 12.0. The van der Waals surface area contributed by atoms with Gasteiger partial charge in [0.15, 0.2) is 11.9 Å². The number of esters is 1. The Morgan fingerprint density at radius 2 is 2.32 bits per heavy atom. The maximum Gasteiger partial charge on any atom is 0.335 e. The van der Waals surface area contributed by atoms with E-state index in [1.165, 1.54) is 6.20 Å². The summed E-state index contributed by atoms with van der Waals surface area (Å²) < 4.78 is 41.8. The third-order valence-electron chi connectivity index (χ3n) is 3.26. The Labute approximate surface area is 129 Å². The first kappa shape index (κ1) is 16.9. The fourth-order valence-electron chi connectivity index (χ4n) is 2.25. The van der Waals surface area contributed by atoms with Gasteiger partial charge in [0.2, 0.25) is 10.0 Å². The standard InChI is InChI=1S/C13H20N2O6S/c1-2-19-13(16)12-5-3-4-11(20-12)9-22(17,18)15-8-10-6-7-14-21-10/h6-7,11-12,15H,2-5,8-9H2,1H3/t11-,12-/m0/s1. The van der Waals surface area contributed by atoms with Gasteiger partial charge in [0.05, 0.1) is 31.2 Å². The molecule has 22 heavy (non-hydrogen) atoms. The monoisotopic (exact) mass is 332 g/mol. The lowest BCUT2D eigenvalue weighted by Gasteiger charge is -2.28. The number of hydrogen-bond donors (Lipinski definition) is 1. The van der Waals surface area contributed by atoms with Crippen LogP contribution in [0.5, 0.6) is 0 Å².